The van der Waals surface area contributed by atoms with Crippen molar-refractivity contribution < 1.29 is 0 Å². The van der Waals surface area contributed by atoms with Gasteiger partial charge >= 0.3 is 0 Å². The molecule has 0 fully saturated rings. The second-order valence-electron chi connectivity index (χ2n) is 3.23. The zero-order chi connectivity index (χ0) is 10.4. The quantitative estimate of drug-likeness (QED) is 0.586. The molecule has 0 radical (unpaired) electrons. The number of aliphatic imine (C=N–C) groups is 1. The predicted molar refractivity (Wildman–Crippen MR) is 60.6 cm³/mol. The Hall–Kier alpha value is -1.51. The highest BCUT2D eigenvalue weighted by molar-refractivity contribution is 5.80. The van der Waals surface area contributed by atoms with Crippen LogP contribution in [0.15, 0.2) is 35.3 Å². The predicted octanol–water partition coefficient (Wildman–Crippen LogP) is 1.97. The molecule has 0 saturated carbocycles. The summed E-state index contributed by atoms with van der Waals surface area (Å²) in [6.07, 6.45) is 1.07. The summed E-state index contributed by atoms with van der Waals surface area (Å²) in [5.74, 6) is 0.568. The molecule has 0 aliphatic heterocycles. The Kier molecular flexibility index (Phi) is 3.98. The molecule has 0 spiro atoms. The summed E-state index contributed by atoms with van der Waals surface area (Å²) in [5, 5.41) is 0. The van der Waals surface area contributed by atoms with Crippen LogP contribution in [0.25, 0.3) is 0 Å². The molecule has 0 aliphatic rings. The van der Waals surface area contributed by atoms with Crippen molar-refractivity contribution >= 4 is 11.6 Å². The Labute approximate surface area is 85.3 Å². The number of rotatable bonds is 3. The van der Waals surface area contributed by atoms with Crippen LogP contribution < -0.4 is 5.73 Å². The zero-order valence-corrected chi connectivity index (χ0v) is 8.77. The molecule has 1 aromatic carbocycles. The smallest absolute Gasteiger partial charge is 0.196 e. The second-order valence-corrected chi connectivity index (χ2v) is 3.23. The van der Waals surface area contributed by atoms with E-state index in [0.29, 0.717) is 5.96 Å². The number of nitrogens with zero attached hydrogens (tertiary/aromatic N) is 2. The van der Waals surface area contributed by atoms with Crippen LogP contribution in [-0.2, 0) is 0 Å². The van der Waals surface area contributed by atoms with Gasteiger partial charge in [0.05, 0.1) is 5.69 Å². The van der Waals surface area contributed by atoms with Crippen LogP contribution >= 0.6 is 0 Å². The molecule has 0 aromatic heterocycles. The molecular formula is C11H17N3. The molecular weight excluding hydrogens is 174 g/mol. The van der Waals surface area contributed by atoms with Gasteiger partial charge in [-0.1, -0.05) is 25.1 Å². The molecule has 0 saturated heterocycles. The van der Waals surface area contributed by atoms with Crippen LogP contribution in [0.4, 0.5) is 5.69 Å². The van der Waals surface area contributed by atoms with Crippen molar-refractivity contribution in [1.29, 1.82) is 0 Å². The molecule has 0 heterocycles. The third-order valence-corrected chi connectivity index (χ3v) is 1.95. The van der Waals surface area contributed by atoms with Gasteiger partial charge in [0.25, 0.3) is 0 Å². The van der Waals surface area contributed by atoms with Gasteiger partial charge in [0.2, 0.25) is 0 Å². The molecule has 0 amide bonds. The lowest BCUT2D eigenvalue weighted by Crippen LogP contribution is -2.34. The Bertz CT molecular complexity index is 293. The molecule has 0 atom stereocenters. The van der Waals surface area contributed by atoms with Crippen LogP contribution in [0.2, 0.25) is 0 Å². The third kappa shape index (κ3) is 3.09. The molecule has 0 bridgehead atoms. The average molecular weight is 191 g/mol. The van der Waals surface area contributed by atoms with Crippen molar-refractivity contribution in [3.8, 4) is 0 Å². The molecule has 2 N–H and O–H groups in total. The largest absolute Gasteiger partial charge is 0.369 e. The minimum atomic E-state index is 0.568. The van der Waals surface area contributed by atoms with Crippen molar-refractivity contribution in [3.05, 3.63) is 30.3 Å². The maximum Gasteiger partial charge on any atom is 0.196 e. The highest BCUT2D eigenvalue weighted by atomic mass is 15.2. The first-order chi connectivity index (χ1) is 6.74. The SMILES string of the molecule is CCCN(C)C(N)=Nc1ccccc1. The van der Waals surface area contributed by atoms with Gasteiger partial charge in [-0.05, 0) is 18.6 Å². The van der Waals surface area contributed by atoms with Crippen LogP contribution in [0, 0.1) is 0 Å². The molecule has 14 heavy (non-hydrogen) atoms. The normalized spacial score (nSPS) is 11.4. The molecule has 0 aliphatic carbocycles. The highest BCUT2D eigenvalue weighted by Gasteiger charge is 1.99. The van der Waals surface area contributed by atoms with E-state index in [4.69, 9.17) is 5.73 Å². The number of hydrogen-bond donors (Lipinski definition) is 1. The second kappa shape index (κ2) is 5.27. The Balaban J connectivity index is 2.68. The third-order valence-electron chi connectivity index (χ3n) is 1.95. The Morgan fingerprint density at radius 3 is 2.57 bits per heavy atom. The summed E-state index contributed by atoms with van der Waals surface area (Å²) in [5.41, 5.74) is 6.71. The number of para-hydroxylation sites is 1. The fourth-order valence-electron chi connectivity index (χ4n) is 1.17. The molecule has 3 nitrogen and oxygen atoms in total. The van der Waals surface area contributed by atoms with Crippen LogP contribution in [0.5, 0.6) is 0 Å². The van der Waals surface area contributed by atoms with E-state index in [-0.39, 0.29) is 0 Å². The van der Waals surface area contributed by atoms with Gasteiger partial charge in [-0.15, -0.1) is 0 Å². The monoisotopic (exact) mass is 191 g/mol. The highest BCUT2D eigenvalue weighted by Crippen LogP contribution is 2.09. The van der Waals surface area contributed by atoms with E-state index in [2.05, 4.69) is 11.9 Å². The molecule has 3 heteroatoms. The number of hydrogen-bond acceptors (Lipinski definition) is 1. The summed E-state index contributed by atoms with van der Waals surface area (Å²) < 4.78 is 0. The van der Waals surface area contributed by atoms with Gasteiger partial charge in [0.15, 0.2) is 5.96 Å². The van der Waals surface area contributed by atoms with E-state index in [0.717, 1.165) is 18.7 Å². The molecule has 76 valence electrons. The van der Waals surface area contributed by atoms with Gasteiger partial charge in [-0.25, -0.2) is 4.99 Å². The first kappa shape index (κ1) is 10.6. The molecule has 1 aromatic rings. The fourth-order valence-corrected chi connectivity index (χ4v) is 1.17. The Morgan fingerprint density at radius 1 is 1.36 bits per heavy atom. The lowest BCUT2D eigenvalue weighted by Gasteiger charge is -2.16. The van der Waals surface area contributed by atoms with Crippen molar-refractivity contribution in [2.45, 2.75) is 13.3 Å². The van der Waals surface area contributed by atoms with Crippen molar-refractivity contribution in [2.24, 2.45) is 10.7 Å². The van der Waals surface area contributed by atoms with E-state index in [9.17, 15) is 0 Å². The first-order valence-electron chi connectivity index (χ1n) is 4.84. The summed E-state index contributed by atoms with van der Waals surface area (Å²) in [7, 11) is 1.95. The van der Waals surface area contributed by atoms with Crippen LogP contribution in [-0.4, -0.2) is 24.5 Å². The number of benzene rings is 1. The van der Waals surface area contributed by atoms with E-state index in [1.807, 2.05) is 42.3 Å². The topological polar surface area (TPSA) is 41.6 Å². The van der Waals surface area contributed by atoms with Gasteiger partial charge in [0.1, 0.15) is 0 Å². The lowest BCUT2D eigenvalue weighted by atomic mass is 10.3. The minimum absolute atomic E-state index is 0.568. The minimum Gasteiger partial charge on any atom is -0.369 e. The standard InChI is InChI=1S/C11H17N3/c1-3-9-14(2)11(12)13-10-7-5-4-6-8-10/h4-8H,3,9H2,1-2H3,(H2,12,13). The zero-order valence-electron chi connectivity index (χ0n) is 8.77. The van der Waals surface area contributed by atoms with Gasteiger partial charge in [-0.2, -0.15) is 0 Å². The number of guanidine groups is 1. The van der Waals surface area contributed by atoms with E-state index in [1.54, 1.807) is 0 Å². The summed E-state index contributed by atoms with van der Waals surface area (Å²) >= 11 is 0. The van der Waals surface area contributed by atoms with Crippen LogP contribution in [0.1, 0.15) is 13.3 Å². The van der Waals surface area contributed by atoms with Gasteiger partial charge in [0, 0.05) is 13.6 Å². The average Bonchev–Trinajstić information content (AvgIpc) is 2.19. The lowest BCUT2D eigenvalue weighted by molar-refractivity contribution is 0.496. The van der Waals surface area contributed by atoms with Crippen molar-refractivity contribution in [3.63, 3.8) is 0 Å². The van der Waals surface area contributed by atoms with Crippen molar-refractivity contribution in [1.82, 2.24) is 4.90 Å². The number of nitrogens with two attached hydrogens (primary N) is 1. The fraction of sp³-hybridized carbons (Fsp3) is 0.364. The first-order valence-corrected chi connectivity index (χ1v) is 4.84. The molecule has 1 rings (SSSR count). The van der Waals surface area contributed by atoms with Crippen molar-refractivity contribution in [2.75, 3.05) is 13.6 Å². The summed E-state index contributed by atoms with van der Waals surface area (Å²) in [6, 6.07) is 9.74. The maximum atomic E-state index is 5.81. The summed E-state index contributed by atoms with van der Waals surface area (Å²) in [6.45, 7) is 3.05. The Morgan fingerprint density at radius 2 is 2.00 bits per heavy atom. The van der Waals surface area contributed by atoms with E-state index < -0.39 is 0 Å². The summed E-state index contributed by atoms with van der Waals surface area (Å²) in [4.78, 5) is 6.25. The molecule has 0 unspecified atom stereocenters. The van der Waals surface area contributed by atoms with Gasteiger partial charge < -0.3 is 10.6 Å². The van der Waals surface area contributed by atoms with Crippen LogP contribution in [0.3, 0.4) is 0 Å². The maximum absolute atomic E-state index is 5.81. The van der Waals surface area contributed by atoms with E-state index in [1.165, 1.54) is 0 Å². The van der Waals surface area contributed by atoms with E-state index >= 15 is 0 Å². The van der Waals surface area contributed by atoms with Gasteiger partial charge in [-0.3, -0.25) is 0 Å².